The van der Waals surface area contributed by atoms with Gasteiger partial charge in [0.15, 0.2) is 0 Å². The zero-order valence-electron chi connectivity index (χ0n) is 21.7. The normalized spacial score (nSPS) is 14.4. The first-order valence-corrected chi connectivity index (χ1v) is 15.3. The van der Waals surface area contributed by atoms with E-state index in [2.05, 4.69) is 5.32 Å². The number of nitrogens with one attached hydrogen (secondary N) is 1. The van der Waals surface area contributed by atoms with Crippen molar-refractivity contribution in [3.8, 4) is 11.5 Å². The Morgan fingerprint density at radius 3 is 2.25 bits per heavy atom. The van der Waals surface area contributed by atoms with Crippen LogP contribution in [0.2, 0.25) is 5.02 Å². The molecule has 1 amide bonds. The number of carbonyl (C=O) groups excluding carboxylic acids is 1. The Hall–Kier alpha value is -3.36. The van der Waals surface area contributed by atoms with Crippen molar-refractivity contribution in [3.05, 3.63) is 71.8 Å². The van der Waals surface area contributed by atoms with Gasteiger partial charge >= 0.3 is 0 Å². The van der Waals surface area contributed by atoms with Crippen LogP contribution in [0.4, 0.5) is 11.4 Å². The summed E-state index contributed by atoms with van der Waals surface area (Å²) in [5.41, 5.74) is 0.226. The number of nitrogens with zero attached hydrogens (tertiary/aromatic N) is 2. The number of hydrogen-bond donors (Lipinski definition) is 1. The fourth-order valence-electron chi connectivity index (χ4n) is 4.02. The summed E-state index contributed by atoms with van der Waals surface area (Å²) in [5, 5.41) is 2.88. The van der Waals surface area contributed by atoms with Crippen molar-refractivity contribution in [2.24, 2.45) is 0 Å². The minimum absolute atomic E-state index is 0.0527. The second-order valence-electron chi connectivity index (χ2n) is 8.59. The summed E-state index contributed by atoms with van der Waals surface area (Å²) in [6.07, 6.45) is 0. The number of ether oxygens (including phenoxy) is 3. The number of benzene rings is 3. The zero-order chi connectivity index (χ0) is 28.9. The van der Waals surface area contributed by atoms with Gasteiger partial charge in [-0.1, -0.05) is 17.7 Å². The van der Waals surface area contributed by atoms with E-state index in [1.54, 1.807) is 12.1 Å². The molecule has 0 aromatic heterocycles. The van der Waals surface area contributed by atoms with Gasteiger partial charge in [-0.25, -0.2) is 16.8 Å². The summed E-state index contributed by atoms with van der Waals surface area (Å²) in [5.74, 6) is -0.0807. The maximum atomic E-state index is 13.7. The van der Waals surface area contributed by atoms with Crippen molar-refractivity contribution >= 4 is 48.9 Å². The molecule has 1 fully saturated rings. The van der Waals surface area contributed by atoms with Crippen LogP contribution in [-0.2, 0) is 29.6 Å². The fourth-order valence-corrected chi connectivity index (χ4v) is 7.05. The highest BCUT2D eigenvalue weighted by molar-refractivity contribution is 7.92. The molecule has 3 aromatic carbocycles. The van der Waals surface area contributed by atoms with E-state index in [1.165, 1.54) is 73.1 Å². The first kappa shape index (κ1) is 29.6. The molecule has 40 heavy (non-hydrogen) atoms. The predicted molar refractivity (Wildman–Crippen MR) is 150 cm³/mol. The Morgan fingerprint density at radius 1 is 0.950 bits per heavy atom. The third-order valence-corrected chi connectivity index (χ3v) is 10.0. The number of anilines is 2. The minimum atomic E-state index is -4.23. The van der Waals surface area contributed by atoms with Gasteiger partial charge in [0.2, 0.25) is 15.9 Å². The summed E-state index contributed by atoms with van der Waals surface area (Å²) >= 11 is 6.13. The molecule has 1 N–H and O–H groups in total. The van der Waals surface area contributed by atoms with Crippen LogP contribution < -0.4 is 19.1 Å². The van der Waals surface area contributed by atoms with Gasteiger partial charge in [0.05, 0.1) is 48.6 Å². The van der Waals surface area contributed by atoms with E-state index in [4.69, 9.17) is 25.8 Å². The number of carbonyl (C=O) groups is 1. The summed E-state index contributed by atoms with van der Waals surface area (Å²) < 4.78 is 71.5. The van der Waals surface area contributed by atoms with Gasteiger partial charge in [0.1, 0.15) is 18.0 Å². The average Bonchev–Trinajstić information content (AvgIpc) is 2.96. The van der Waals surface area contributed by atoms with E-state index in [0.717, 1.165) is 4.31 Å². The second kappa shape index (κ2) is 12.4. The zero-order valence-corrected chi connectivity index (χ0v) is 24.1. The molecule has 14 heteroatoms. The monoisotopic (exact) mass is 609 g/mol. The Kier molecular flexibility index (Phi) is 9.21. The van der Waals surface area contributed by atoms with E-state index < -0.39 is 32.5 Å². The van der Waals surface area contributed by atoms with Crippen molar-refractivity contribution in [1.29, 1.82) is 0 Å². The number of morpholine rings is 1. The molecule has 1 aliphatic rings. The van der Waals surface area contributed by atoms with Gasteiger partial charge in [-0.05, 0) is 60.7 Å². The first-order valence-electron chi connectivity index (χ1n) is 12.0. The smallest absolute Gasteiger partial charge is 0.264 e. The Balaban J connectivity index is 1.65. The lowest BCUT2D eigenvalue weighted by atomic mass is 10.3. The molecule has 0 unspecified atom stereocenters. The van der Waals surface area contributed by atoms with Gasteiger partial charge < -0.3 is 19.5 Å². The third-order valence-electron chi connectivity index (χ3n) is 6.08. The van der Waals surface area contributed by atoms with Crippen LogP contribution >= 0.6 is 11.6 Å². The van der Waals surface area contributed by atoms with E-state index in [0.29, 0.717) is 5.75 Å². The van der Waals surface area contributed by atoms with Crippen LogP contribution in [0, 0.1) is 0 Å². The van der Waals surface area contributed by atoms with E-state index in [1.807, 2.05) is 0 Å². The highest BCUT2D eigenvalue weighted by atomic mass is 35.5. The fraction of sp³-hybridized carbons (Fsp3) is 0.269. The average molecular weight is 610 g/mol. The molecule has 11 nitrogen and oxygen atoms in total. The Labute approximate surface area is 238 Å². The standard InChI is InChI=1S/C26H28ClN3O8S2/c1-36-21-6-8-22(9-7-21)40(34,35)30(20-5-3-4-19(27)16-20)18-26(31)28-24-17-23(10-11-25(24)37-2)39(32,33)29-12-14-38-15-13-29/h3-11,16-17H,12-15,18H2,1-2H3,(H,28,31). The van der Waals surface area contributed by atoms with Crippen LogP contribution in [0.1, 0.15) is 0 Å². The van der Waals surface area contributed by atoms with Crippen molar-refractivity contribution in [2.45, 2.75) is 9.79 Å². The predicted octanol–water partition coefficient (Wildman–Crippen LogP) is 3.21. The number of amides is 1. The third kappa shape index (κ3) is 6.50. The van der Waals surface area contributed by atoms with Crippen molar-refractivity contribution in [1.82, 2.24) is 4.31 Å². The molecule has 4 rings (SSSR count). The van der Waals surface area contributed by atoms with Gasteiger partial charge in [0.25, 0.3) is 10.0 Å². The minimum Gasteiger partial charge on any atom is -0.497 e. The molecule has 1 saturated heterocycles. The first-order chi connectivity index (χ1) is 19.1. The molecule has 1 heterocycles. The summed E-state index contributed by atoms with van der Waals surface area (Å²) in [6.45, 7) is 0.321. The second-order valence-corrected chi connectivity index (χ2v) is 12.8. The Bertz CT molecular complexity index is 1580. The summed E-state index contributed by atoms with van der Waals surface area (Å²) in [6, 6.07) is 15.9. The molecular weight excluding hydrogens is 582 g/mol. The highest BCUT2D eigenvalue weighted by Crippen LogP contribution is 2.31. The summed E-state index contributed by atoms with van der Waals surface area (Å²) in [4.78, 5) is 13.2. The SMILES string of the molecule is COc1ccc(S(=O)(=O)N(CC(=O)Nc2cc(S(=O)(=O)N3CCOCC3)ccc2OC)c2cccc(Cl)c2)cc1. The molecule has 0 spiro atoms. The van der Waals surface area contributed by atoms with Crippen molar-refractivity contribution < 1.29 is 35.8 Å². The number of sulfonamides is 2. The highest BCUT2D eigenvalue weighted by Gasteiger charge is 2.30. The topological polar surface area (TPSA) is 132 Å². The van der Waals surface area contributed by atoms with E-state index >= 15 is 0 Å². The van der Waals surface area contributed by atoms with E-state index in [9.17, 15) is 21.6 Å². The summed E-state index contributed by atoms with van der Waals surface area (Å²) in [7, 11) is -5.27. The quantitative estimate of drug-likeness (QED) is 0.371. The van der Waals surface area contributed by atoms with E-state index in [-0.39, 0.29) is 58.2 Å². The lowest BCUT2D eigenvalue weighted by Crippen LogP contribution is -2.40. The van der Waals surface area contributed by atoms with Crippen molar-refractivity contribution in [3.63, 3.8) is 0 Å². The van der Waals surface area contributed by atoms with Crippen LogP contribution in [0.25, 0.3) is 0 Å². The maximum Gasteiger partial charge on any atom is 0.264 e. The molecule has 0 atom stereocenters. The number of halogens is 1. The Morgan fingerprint density at radius 2 is 1.62 bits per heavy atom. The van der Waals surface area contributed by atoms with Crippen molar-refractivity contribution in [2.75, 3.05) is 56.7 Å². The number of methoxy groups -OCH3 is 2. The number of rotatable bonds is 10. The van der Waals surface area contributed by atoms with Gasteiger partial charge in [-0.3, -0.25) is 9.10 Å². The maximum absolute atomic E-state index is 13.7. The lowest BCUT2D eigenvalue weighted by Gasteiger charge is -2.26. The molecule has 0 radical (unpaired) electrons. The molecule has 0 saturated carbocycles. The van der Waals surface area contributed by atoms with Gasteiger partial charge in [0, 0.05) is 18.1 Å². The molecular formula is C26H28ClN3O8S2. The van der Waals surface area contributed by atoms with Gasteiger partial charge in [-0.2, -0.15) is 4.31 Å². The largest absolute Gasteiger partial charge is 0.497 e. The molecule has 1 aliphatic heterocycles. The number of hydrogen-bond acceptors (Lipinski definition) is 8. The molecule has 214 valence electrons. The molecule has 3 aromatic rings. The van der Waals surface area contributed by atoms with Crippen LogP contribution in [0.3, 0.4) is 0 Å². The van der Waals surface area contributed by atoms with Gasteiger partial charge in [-0.15, -0.1) is 0 Å². The van der Waals surface area contributed by atoms with Crippen LogP contribution in [0.5, 0.6) is 11.5 Å². The van der Waals surface area contributed by atoms with Crippen LogP contribution in [-0.4, -0.2) is 74.1 Å². The molecule has 0 aliphatic carbocycles. The lowest BCUT2D eigenvalue weighted by molar-refractivity contribution is -0.114. The van der Waals surface area contributed by atoms with Crippen LogP contribution in [0.15, 0.2) is 76.5 Å². The molecule has 0 bridgehead atoms.